The number of benzene rings is 2. The standard InChI is InChI=1S/C61H104O6S2/c1-17-19-21-23-25-27-29-31-33-35-37-59(15,68)66-53(64)61(43-45-39-47(55(3,4)5)51(62)48(40-45)56(6,7)8,44-46-41-49(57(9,10)11)52(63)50(42-46)58(12,13)14)54(65)67-60(16,69)38-36-34-32-30-28-26-24-22-20-18-2/h39-42,62-63,68-69H,17-38,43-44H2,1-16H3. The second-order valence-corrected chi connectivity index (χ2v) is 27.4. The maximum absolute atomic E-state index is 15.7. The molecule has 2 aromatic rings. The summed E-state index contributed by atoms with van der Waals surface area (Å²) in [4.78, 5) is 29.1. The minimum atomic E-state index is -1.91. The minimum Gasteiger partial charge on any atom is -0.507 e. The summed E-state index contributed by atoms with van der Waals surface area (Å²) in [6, 6.07) is 7.80. The van der Waals surface area contributed by atoms with Gasteiger partial charge in [0.25, 0.3) is 0 Å². The Morgan fingerprint density at radius 3 is 0.841 bits per heavy atom. The molecule has 0 bridgehead atoms. The molecule has 396 valence electrons. The molecule has 2 N–H and O–H groups in total. The van der Waals surface area contributed by atoms with Crippen molar-refractivity contribution in [3.8, 4) is 11.5 Å². The van der Waals surface area contributed by atoms with Gasteiger partial charge in [0.05, 0.1) is 0 Å². The number of aromatic hydroxyl groups is 2. The molecule has 0 fully saturated rings. The Bertz CT molecular complexity index is 1660. The van der Waals surface area contributed by atoms with Gasteiger partial charge in [0.15, 0.2) is 15.3 Å². The van der Waals surface area contributed by atoms with E-state index < -0.39 is 48.9 Å². The van der Waals surface area contributed by atoms with Crippen molar-refractivity contribution in [3.63, 3.8) is 0 Å². The third-order valence-corrected chi connectivity index (χ3v) is 14.6. The topological polar surface area (TPSA) is 93.1 Å². The zero-order valence-corrected chi connectivity index (χ0v) is 49.0. The molecule has 2 atom stereocenters. The van der Waals surface area contributed by atoms with Crippen LogP contribution in [0.3, 0.4) is 0 Å². The van der Waals surface area contributed by atoms with Crippen molar-refractivity contribution in [1.82, 2.24) is 0 Å². The molecular weight excluding hydrogens is 893 g/mol. The van der Waals surface area contributed by atoms with Crippen molar-refractivity contribution in [2.75, 3.05) is 0 Å². The van der Waals surface area contributed by atoms with Crippen LogP contribution in [0.2, 0.25) is 0 Å². The van der Waals surface area contributed by atoms with Gasteiger partial charge >= 0.3 is 11.9 Å². The van der Waals surface area contributed by atoms with Crippen LogP contribution in [0.25, 0.3) is 0 Å². The molecule has 0 aliphatic heterocycles. The number of hydrogen-bond donors (Lipinski definition) is 4. The van der Waals surface area contributed by atoms with E-state index in [2.05, 4.69) is 96.9 Å². The van der Waals surface area contributed by atoms with Crippen LogP contribution in [0, 0.1) is 5.41 Å². The van der Waals surface area contributed by atoms with Gasteiger partial charge < -0.3 is 19.7 Å². The molecule has 0 radical (unpaired) electrons. The van der Waals surface area contributed by atoms with Gasteiger partial charge in [0, 0.05) is 0 Å². The van der Waals surface area contributed by atoms with Gasteiger partial charge in [0.1, 0.15) is 11.5 Å². The quantitative estimate of drug-likeness (QED) is 0.0205. The van der Waals surface area contributed by atoms with Gasteiger partial charge in [-0.25, -0.2) is 0 Å². The van der Waals surface area contributed by atoms with Gasteiger partial charge in [-0.3, -0.25) is 9.59 Å². The van der Waals surface area contributed by atoms with Crippen LogP contribution in [0.15, 0.2) is 24.3 Å². The summed E-state index contributed by atoms with van der Waals surface area (Å²) in [7, 11) is 0. The van der Waals surface area contributed by atoms with Gasteiger partial charge in [0.2, 0.25) is 0 Å². The first-order valence-corrected chi connectivity index (χ1v) is 28.4. The zero-order valence-electron chi connectivity index (χ0n) is 47.2. The van der Waals surface area contributed by atoms with Crippen LogP contribution in [0.4, 0.5) is 0 Å². The molecule has 0 spiro atoms. The van der Waals surface area contributed by atoms with E-state index >= 15 is 9.59 Å². The van der Waals surface area contributed by atoms with E-state index in [0.717, 1.165) is 60.8 Å². The Labute approximate surface area is 435 Å². The molecule has 2 aromatic carbocycles. The maximum atomic E-state index is 15.7. The molecule has 0 aliphatic carbocycles. The average molecular weight is 998 g/mol. The van der Waals surface area contributed by atoms with Gasteiger partial charge in [-0.05, 0) is 107 Å². The van der Waals surface area contributed by atoms with E-state index in [-0.39, 0.29) is 24.3 Å². The lowest BCUT2D eigenvalue weighted by atomic mass is 9.71. The number of esters is 2. The molecule has 0 saturated heterocycles. The summed E-state index contributed by atoms with van der Waals surface area (Å²) in [5, 5.41) is 23.7. The van der Waals surface area contributed by atoms with E-state index in [9.17, 15) is 10.2 Å². The fourth-order valence-electron chi connectivity index (χ4n) is 9.59. The van der Waals surface area contributed by atoms with Crippen molar-refractivity contribution in [1.29, 1.82) is 0 Å². The van der Waals surface area contributed by atoms with Crippen molar-refractivity contribution >= 4 is 37.2 Å². The third kappa shape index (κ3) is 21.4. The van der Waals surface area contributed by atoms with Crippen LogP contribution >= 0.6 is 25.3 Å². The summed E-state index contributed by atoms with van der Waals surface area (Å²) in [5.74, 6) is -0.968. The molecular formula is C61H104O6S2. The number of phenolic OH excluding ortho intramolecular Hbond substituents is 2. The number of unbranched alkanes of at least 4 members (excludes halogenated alkanes) is 18. The summed E-state index contributed by atoms with van der Waals surface area (Å²) >= 11 is 10.1. The average Bonchev–Trinajstić information content (AvgIpc) is 3.20. The summed E-state index contributed by atoms with van der Waals surface area (Å²) in [5.41, 5.74) is 0.621. The van der Waals surface area contributed by atoms with Crippen molar-refractivity contribution in [3.05, 3.63) is 57.6 Å². The Morgan fingerprint density at radius 1 is 0.406 bits per heavy atom. The Balaban J connectivity index is 2.80. The number of hydrogen-bond acceptors (Lipinski definition) is 8. The third-order valence-electron chi connectivity index (χ3n) is 14.0. The van der Waals surface area contributed by atoms with E-state index in [4.69, 9.17) is 34.7 Å². The van der Waals surface area contributed by atoms with Crippen molar-refractivity contribution in [2.45, 2.75) is 296 Å². The molecule has 0 aromatic heterocycles. The van der Waals surface area contributed by atoms with Crippen molar-refractivity contribution in [2.24, 2.45) is 5.41 Å². The zero-order chi connectivity index (χ0) is 52.5. The fourth-order valence-corrected chi connectivity index (χ4v) is 10.1. The lowest BCUT2D eigenvalue weighted by Crippen LogP contribution is -2.50. The van der Waals surface area contributed by atoms with Gasteiger partial charge in [-0.15, -0.1) is 25.3 Å². The lowest BCUT2D eigenvalue weighted by Gasteiger charge is -2.37. The predicted molar refractivity (Wildman–Crippen MR) is 301 cm³/mol. The highest BCUT2D eigenvalue weighted by Crippen LogP contribution is 2.46. The highest BCUT2D eigenvalue weighted by Gasteiger charge is 2.53. The molecule has 0 saturated carbocycles. The van der Waals surface area contributed by atoms with E-state index in [1.54, 1.807) is 0 Å². The van der Waals surface area contributed by atoms with Crippen LogP contribution in [-0.4, -0.2) is 32.0 Å². The van der Waals surface area contributed by atoms with Crippen LogP contribution in [0.5, 0.6) is 11.5 Å². The fraction of sp³-hybridized carbons (Fsp3) is 0.770. The van der Waals surface area contributed by atoms with E-state index in [1.807, 2.05) is 38.1 Å². The molecule has 2 unspecified atom stereocenters. The smallest absolute Gasteiger partial charge is 0.325 e. The Hall–Kier alpha value is -2.32. The number of carbonyl (C=O) groups is 2. The summed E-state index contributed by atoms with van der Waals surface area (Å²) < 4.78 is 13.1. The molecule has 6 nitrogen and oxygen atoms in total. The van der Waals surface area contributed by atoms with Crippen molar-refractivity contribution < 1.29 is 29.3 Å². The molecule has 8 heteroatoms. The molecule has 0 amide bonds. The minimum absolute atomic E-state index is 0.0576. The summed E-state index contributed by atoms with van der Waals surface area (Å²) in [6.45, 7) is 32.9. The van der Waals surface area contributed by atoms with Crippen LogP contribution in [0.1, 0.15) is 285 Å². The van der Waals surface area contributed by atoms with E-state index in [1.165, 1.54) is 89.9 Å². The predicted octanol–water partition coefficient (Wildman–Crippen LogP) is 18.1. The second-order valence-electron chi connectivity index (χ2n) is 25.5. The molecule has 0 heterocycles. The normalized spacial score (nSPS) is 14.6. The molecule has 2 rings (SSSR count). The first kappa shape index (κ1) is 62.8. The number of carbonyl (C=O) groups excluding carboxylic acids is 2. The number of ether oxygens (including phenoxy) is 2. The van der Waals surface area contributed by atoms with Gasteiger partial charge in [-0.2, -0.15) is 0 Å². The SMILES string of the molecule is CCCCCCCCCCCCC(C)(S)OC(=O)C(Cc1cc(C(C)(C)C)c(O)c(C(C)(C)C)c1)(Cc1cc(C(C)(C)C)c(O)c(C(C)(C)C)c1)C(=O)OC(C)(S)CCCCCCCCCCCC. The first-order valence-electron chi connectivity index (χ1n) is 27.5. The molecule has 69 heavy (non-hydrogen) atoms. The maximum Gasteiger partial charge on any atom is 0.325 e. The summed E-state index contributed by atoms with van der Waals surface area (Å²) in [6.07, 6.45) is 24.6. The lowest BCUT2D eigenvalue weighted by molar-refractivity contribution is -0.181. The highest BCUT2D eigenvalue weighted by atomic mass is 32.1. The largest absolute Gasteiger partial charge is 0.507 e. The monoisotopic (exact) mass is 997 g/mol. The first-order chi connectivity index (χ1) is 31.8. The van der Waals surface area contributed by atoms with Gasteiger partial charge in [-0.1, -0.05) is 237 Å². The second kappa shape index (κ2) is 27.7. The Morgan fingerprint density at radius 2 is 0.623 bits per heavy atom. The van der Waals surface area contributed by atoms with Crippen LogP contribution < -0.4 is 0 Å². The number of phenols is 2. The number of thiol groups is 2. The highest BCUT2D eigenvalue weighted by molar-refractivity contribution is 7.81. The number of rotatable bonds is 30. The Kier molecular flexibility index (Phi) is 25.2. The van der Waals surface area contributed by atoms with Crippen LogP contribution in [-0.2, 0) is 53.6 Å². The van der Waals surface area contributed by atoms with E-state index in [0.29, 0.717) is 24.0 Å². The molecule has 0 aliphatic rings.